The molecular formula is C9H20NO4PS. The SMILES string of the molecule is NC(CO)(SC1CCCCCC1)P(=O)(O)O. The van der Waals surface area contributed by atoms with Gasteiger partial charge in [0.15, 0.2) is 4.61 Å². The number of thioether (sulfide) groups is 1. The van der Waals surface area contributed by atoms with E-state index in [0.29, 0.717) is 0 Å². The van der Waals surface area contributed by atoms with Gasteiger partial charge in [0.1, 0.15) is 0 Å². The summed E-state index contributed by atoms with van der Waals surface area (Å²) in [5.74, 6) is 0. The van der Waals surface area contributed by atoms with Gasteiger partial charge in [0.2, 0.25) is 0 Å². The fourth-order valence-electron chi connectivity index (χ4n) is 1.85. The Bertz CT molecular complexity index is 264. The third-order valence-corrected chi connectivity index (χ3v) is 6.39. The highest BCUT2D eigenvalue weighted by Crippen LogP contribution is 2.55. The second-order valence-electron chi connectivity index (χ2n) is 4.28. The van der Waals surface area contributed by atoms with Gasteiger partial charge in [-0.1, -0.05) is 25.7 Å². The molecule has 5 nitrogen and oxygen atoms in total. The number of aliphatic hydroxyl groups excluding tert-OH is 1. The Kier molecular flexibility index (Phi) is 5.29. The zero-order valence-corrected chi connectivity index (χ0v) is 10.9. The highest BCUT2D eigenvalue weighted by Gasteiger charge is 2.45. The average molecular weight is 269 g/mol. The van der Waals surface area contributed by atoms with Crippen LogP contribution in [-0.4, -0.2) is 31.4 Å². The Morgan fingerprint density at radius 2 is 1.75 bits per heavy atom. The van der Waals surface area contributed by atoms with Gasteiger partial charge in [0.25, 0.3) is 0 Å². The summed E-state index contributed by atoms with van der Waals surface area (Å²) in [6.07, 6.45) is 6.32. The molecule has 0 amide bonds. The molecule has 0 aromatic heterocycles. The van der Waals surface area contributed by atoms with Gasteiger partial charge in [0.05, 0.1) is 6.61 Å². The highest BCUT2D eigenvalue weighted by atomic mass is 32.2. The molecule has 96 valence electrons. The Labute approximate surface area is 100.0 Å². The standard InChI is InChI=1S/C9H20NO4PS/c10-9(7-11,15(12,13)14)16-8-5-3-1-2-4-6-8/h8,11H,1-7,10H2,(H2,12,13,14). The lowest BCUT2D eigenvalue weighted by Crippen LogP contribution is -2.41. The molecule has 0 radical (unpaired) electrons. The van der Waals surface area contributed by atoms with Crippen LogP contribution in [0, 0.1) is 0 Å². The van der Waals surface area contributed by atoms with Gasteiger partial charge >= 0.3 is 7.60 Å². The molecule has 1 atom stereocenters. The number of aliphatic hydroxyl groups is 1. The van der Waals surface area contributed by atoms with E-state index in [2.05, 4.69) is 0 Å². The van der Waals surface area contributed by atoms with Crippen molar-refractivity contribution in [1.82, 2.24) is 0 Å². The van der Waals surface area contributed by atoms with Crippen molar-refractivity contribution in [3.63, 3.8) is 0 Å². The van der Waals surface area contributed by atoms with Crippen LogP contribution in [-0.2, 0) is 4.57 Å². The van der Waals surface area contributed by atoms with E-state index in [1.165, 1.54) is 12.8 Å². The van der Waals surface area contributed by atoms with Crippen molar-refractivity contribution in [2.45, 2.75) is 48.4 Å². The largest absolute Gasteiger partial charge is 0.393 e. The van der Waals surface area contributed by atoms with E-state index < -0.39 is 18.8 Å². The Balaban J connectivity index is 2.64. The number of hydrogen-bond acceptors (Lipinski definition) is 4. The zero-order valence-electron chi connectivity index (χ0n) is 9.21. The Morgan fingerprint density at radius 1 is 1.25 bits per heavy atom. The van der Waals surface area contributed by atoms with Crippen LogP contribution in [0.2, 0.25) is 0 Å². The molecule has 0 heterocycles. The molecule has 1 fully saturated rings. The molecule has 1 saturated carbocycles. The first-order valence-corrected chi connectivity index (χ1v) is 8.01. The fourth-order valence-corrected chi connectivity index (χ4v) is 4.25. The van der Waals surface area contributed by atoms with Crippen LogP contribution >= 0.6 is 19.4 Å². The molecule has 0 aromatic carbocycles. The summed E-state index contributed by atoms with van der Waals surface area (Å²) < 4.78 is 9.40. The summed E-state index contributed by atoms with van der Waals surface area (Å²) >= 11 is 1.05. The topological polar surface area (TPSA) is 104 Å². The molecule has 0 saturated heterocycles. The van der Waals surface area contributed by atoms with E-state index in [9.17, 15) is 4.57 Å². The maximum Gasteiger partial charge on any atom is 0.357 e. The highest BCUT2D eigenvalue weighted by molar-refractivity contribution is 8.06. The number of hydrogen-bond donors (Lipinski definition) is 4. The van der Waals surface area contributed by atoms with Crippen LogP contribution in [0.15, 0.2) is 0 Å². The third kappa shape index (κ3) is 3.72. The summed E-state index contributed by atoms with van der Waals surface area (Å²) in [6, 6.07) is 0. The monoisotopic (exact) mass is 269 g/mol. The second-order valence-corrected chi connectivity index (χ2v) is 8.10. The molecule has 0 aliphatic heterocycles. The van der Waals surface area contributed by atoms with Gasteiger partial charge in [-0.2, -0.15) is 0 Å². The van der Waals surface area contributed by atoms with Gasteiger partial charge in [-0.25, -0.2) is 0 Å². The van der Waals surface area contributed by atoms with Crippen LogP contribution in [0.4, 0.5) is 0 Å². The molecule has 0 bridgehead atoms. The summed E-state index contributed by atoms with van der Waals surface area (Å²) in [5.41, 5.74) is 5.61. The molecule has 0 aromatic rings. The summed E-state index contributed by atoms with van der Waals surface area (Å²) in [6.45, 7) is -0.696. The van der Waals surface area contributed by atoms with Crippen molar-refractivity contribution in [2.75, 3.05) is 6.61 Å². The van der Waals surface area contributed by atoms with Crippen molar-refractivity contribution in [2.24, 2.45) is 5.73 Å². The summed E-state index contributed by atoms with van der Waals surface area (Å²) in [5, 5.41) is 9.23. The van der Waals surface area contributed by atoms with Crippen molar-refractivity contribution in [3.05, 3.63) is 0 Å². The minimum atomic E-state index is -4.48. The van der Waals surface area contributed by atoms with E-state index in [1.54, 1.807) is 0 Å². The maximum absolute atomic E-state index is 11.2. The van der Waals surface area contributed by atoms with E-state index in [0.717, 1.165) is 37.4 Å². The van der Waals surface area contributed by atoms with E-state index in [4.69, 9.17) is 20.6 Å². The predicted octanol–water partition coefficient (Wildman–Crippen LogP) is 1.22. The molecule has 1 rings (SSSR count). The fraction of sp³-hybridized carbons (Fsp3) is 1.00. The summed E-state index contributed by atoms with van der Waals surface area (Å²) in [4.78, 5) is 18.3. The molecule has 0 spiro atoms. The average Bonchev–Trinajstić information content (AvgIpc) is 2.44. The normalized spacial score (nSPS) is 23.8. The van der Waals surface area contributed by atoms with Gasteiger partial charge < -0.3 is 20.6 Å². The quantitative estimate of drug-likeness (QED) is 0.347. The van der Waals surface area contributed by atoms with Crippen LogP contribution in [0.1, 0.15) is 38.5 Å². The first-order chi connectivity index (χ1) is 7.39. The van der Waals surface area contributed by atoms with Crippen LogP contribution in [0.3, 0.4) is 0 Å². The minimum Gasteiger partial charge on any atom is -0.393 e. The second kappa shape index (κ2) is 5.85. The molecule has 1 unspecified atom stereocenters. The smallest absolute Gasteiger partial charge is 0.357 e. The van der Waals surface area contributed by atoms with Crippen LogP contribution < -0.4 is 5.73 Å². The van der Waals surface area contributed by atoms with Gasteiger partial charge in [-0.15, -0.1) is 11.8 Å². The van der Waals surface area contributed by atoms with E-state index in [-0.39, 0.29) is 5.25 Å². The van der Waals surface area contributed by atoms with Crippen molar-refractivity contribution < 1.29 is 19.5 Å². The lowest BCUT2D eigenvalue weighted by molar-refractivity contribution is 0.254. The zero-order chi connectivity index (χ0) is 12.2. The molecule has 1 aliphatic carbocycles. The predicted molar refractivity (Wildman–Crippen MR) is 65.1 cm³/mol. The summed E-state index contributed by atoms with van der Waals surface area (Å²) in [7, 11) is -4.48. The lowest BCUT2D eigenvalue weighted by Gasteiger charge is -2.31. The molecule has 5 N–H and O–H groups in total. The Hall–Kier alpha value is 0.420. The number of nitrogens with two attached hydrogens (primary N) is 1. The maximum atomic E-state index is 11.2. The van der Waals surface area contributed by atoms with Gasteiger partial charge in [0, 0.05) is 5.25 Å². The minimum absolute atomic E-state index is 0.146. The molecular weight excluding hydrogens is 249 g/mol. The third-order valence-electron chi connectivity index (χ3n) is 2.89. The van der Waals surface area contributed by atoms with Crippen LogP contribution in [0.5, 0.6) is 0 Å². The van der Waals surface area contributed by atoms with Gasteiger partial charge in [-0.3, -0.25) is 4.57 Å². The molecule has 7 heteroatoms. The van der Waals surface area contributed by atoms with Crippen LogP contribution in [0.25, 0.3) is 0 Å². The number of rotatable bonds is 4. The van der Waals surface area contributed by atoms with E-state index in [1.807, 2.05) is 0 Å². The lowest BCUT2D eigenvalue weighted by atomic mass is 10.2. The Morgan fingerprint density at radius 3 is 2.12 bits per heavy atom. The van der Waals surface area contributed by atoms with Crippen molar-refractivity contribution in [3.8, 4) is 0 Å². The van der Waals surface area contributed by atoms with Gasteiger partial charge in [-0.05, 0) is 12.8 Å². The van der Waals surface area contributed by atoms with E-state index >= 15 is 0 Å². The molecule has 1 aliphatic rings. The van der Waals surface area contributed by atoms with Crippen molar-refractivity contribution in [1.29, 1.82) is 0 Å². The first kappa shape index (κ1) is 14.5. The van der Waals surface area contributed by atoms with Crippen molar-refractivity contribution >= 4 is 19.4 Å². The molecule has 16 heavy (non-hydrogen) atoms. The first-order valence-electron chi connectivity index (χ1n) is 5.52.